The SMILES string of the molecule is CON(C)[C@@H]1O[C@@H]2COC(c3ccccc3)O[C@H]2[C@H](OC(=O)c2ccccc2)[C@H]1OC(=O)c1ccccc1. The van der Waals surface area contributed by atoms with Crippen molar-refractivity contribution >= 4 is 11.9 Å². The molecule has 38 heavy (non-hydrogen) atoms. The molecule has 0 spiro atoms. The van der Waals surface area contributed by atoms with Gasteiger partial charge in [-0.3, -0.25) is 4.84 Å². The summed E-state index contributed by atoms with van der Waals surface area (Å²) in [6, 6.07) is 26.6. The second kappa shape index (κ2) is 11.8. The monoisotopic (exact) mass is 519 g/mol. The van der Waals surface area contributed by atoms with Gasteiger partial charge in [-0.15, -0.1) is 0 Å². The van der Waals surface area contributed by atoms with Crippen LogP contribution in [-0.2, 0) is 28.5 Å². The number of rotatable bonds is 7. The molecule has 2 fully saturated rings. The highest BCUT2D eigenvalue weighted by molar-refractivity contribution is 5.90. The second-order valence-corrected chi connectivity index (χ2v) is 8.94. The van der Waals surface area contributed by atoms with E-state index in [1.165, 1.54) is 12.2 Å². The Morgan fingerprint density at radius 2 is 1.29 bits per heavy atom. The van der Waals surface area contributed by atoms with Gasteiger partial charge in [0.1, 0.15) is 12.2 Å². The number of fused-ring (bicyclic) bond motifs is 1. The maximum atomic E-state index is 13.3. The first-order chi connectivity index (χ1) is 18.5. The van der Waals surface area contributed by atoms with Crippen molar-refractivity contribution in [3.8, 4) is 0 Å². The zero-order valence-electron chi connectivity index (χ0n) is 21.0. The van der Waals surface area contributed by atoms with Crippen molar-refractivity contribution in [1.82, 2.24) is 5.06 Å². The molecular weight excluding hydrogens is 490 g/mol. The Labute approximate surface area is 220 Å². The van der Waals surface area contributed by atoms with Gasteiger partial charge in [-0.25, -0.2) is 9.59 Å². The largest absolute Gasteiger partial charge is 0.452 e. The molecule has 0 aromatic heterocycles. The first-order valence-electron chi connectivity index (χ1n) is 12.3. The number of carbonyl (C=O) groups is 2. The lowest BCUT2D eigenvalue weighted by atomic mass is 9.96. The molecule has 9 heteroatoms. The lowest BCUT2D eigenvalue weighted by molar-refractivity contribution is -0.366. The highest BCUT2D eigenvalue weighted by Gasteiger charge is 2.55. The number of ether oxygens (including phenoxy) is 5. The molecule has 1 unspecified atom stereocenters. The van der Waals surface area contributed by atoms with E-state index < -0.39 is 48.9 Å². The number of hydrogen-bond donors (Lipinski definition) is 0. The Hall–Kier alpha value is -3.60. The fraction of sp³-hybridized carbons (Fsp3) is 0.310. The number of likely N-dealkylation sites (N-methyl/N-ethyl adjacent to an activating group) is 1. The van der Waals surface area contributed by atoms with E-state index in [4.69, 9.17) is 28.5 Å². The van der Waals surface area contributed by atoms with E-state index in [0.29, 0.717) is 11.1 Å². The van der Waals surface area contributed by atoms with Gasteiger partial charge in [0.15, 0.2) is 24.7 Å². The lowest BCUT2D eigenvalue weighted by Crippen LogP contribution is -2.66. The number of carbonyl (C=O) groups excluding carboxylic acids is 2. The molecule has 2 saturated heterocycles. The number of hydrogen-bond acceptors (Lipinski definition) is 9. The summed E-state index contributed by atoms with van der Waals surface area (Å²) in [7, 11) is 3.11. The molecule has 6 atom stereocenters. The third kappa shape index (κ3) is 5.62. The molecule has 0 radical (unpaired) electrons. The highest BCUT2D eigenvalue weighted by atomic mass is 16.8. The highest BCUT2D eigenvalue weighted by Crippen LogP contribution is 2.37. The summed E-state index contributed by atoms with van der Waals surface area (Å²) in [4.78, 5) is 31.8. The predicted octanol–water partition coefficient (Wildman–Crippen LogP) is 3.77. The van der Waals surface area contributed by atoms with Crippen molar-refractivity contribution in [3.05, 3.63) is 108 Å². The summed E-state index contributed by atoms with van der Waals surface area (Å²) < 4.78 is 30.6. The predicted molar refractivity (Wildman–Crippen MR) is 135 cm³/mol. The van der Waals surface area contributed by atoms with Gasteiger partial charge in [-0.1, -0.05) is 66.7 Å². The molecule has 0 N–H and O–H groups in total. The van der Waals surface area contributed by atoms with Crippen molar-refractivity contribution in [2.75, 3.05) is 20.8 Å². The number of esters is 2. The number of hydroxylamine groups is 2. The van der Waals surface area contributed by atoms with Gasteiger partial charge in [0.2, 0.25) is 0 Å². The van der Waals surface area contributed by atoms with Crippen molar-refractivity contribution < 1.29 is 38.1 Å². The van der Waals surface area contributed by atoms with E-state index in [2.05, 4.69) is 0 Å². The molecule has 0 amide bonds. The van der Waals surface area contributed by atoms with Crippen LogP contribution >= 0.6 is 0 Å². The van der Waals surface area contributed by atoms with E-state index in [-0.39, 0.29) is 6.61 Å². The molecule has 0 saturated carbocycles. The molecular formula is C29H29NO8. The van der Waals surface area contributed by atoms with Crippen molar-refractivity contribution in [2.24, 2.45) is 0 Å². The third-order valence-corrected chi connectivity index (χ3v) is 6.53. The van der Waals surface area contributed by atoms with Crippen LogP contribution < -0.4 is 0 Å². The van der Waals surface area contributed by atoms with E-state index >= 15 is 0 Å². The molecule has 9 nitrogen and oxygen atoms in total. The molecule has 198 valence electrons. The Balaban J connectivity index is 1.49. The van der Waals surface area contributed by atoms with Crippen LogP contribution in [0.4, 0.5) is 0 Å². The van der Waals surface area contributed by atoms with Gasteiger partial charge in [0.25, 0.3) is 0 Å². The smallest absolute Gasteiger partial charge is 0.338 e. The van der Waals surface area contributed by atoms with Crippen LogP contribution in [-0.4, -0.2) is 68.4 Å². The Morgan fingerprint density at radius 3 is 1.84 bits per heavy atom. The fourth-order valence-electron chi connectivity index (χ4n) is 4.53. The normalized spacial score (nSPS) is 26.8. The Bertz CT molecular complexity index is 1210. The van der Waals surface area contributed by atoms with Crippen LogP contribution in [0.25, 0.3) is 0 Å². The van der Waals surface area contributed by atoms with Gasteiger partial charge < -0.3 is 23.7 Å². The van der Waals surface area contributed by atoms with Crippen molar-refractivity contribution in [3.63, 3.8) is 0 Å². The Morgan fingerprint density at radius 1 is 0.763 bits per heavy atom. The van der Waals surface area contributed by atoms with Gasteiger partial charge in [0.05, 0.1) is 24.8 Å². The van der Waals surface area contributed by atoms with E-state index in [0.717, 1.165) is 5.56 Å². The molecule has 0 bridgehead atoms. The van der Waals surface area contributed by atoms with E-state index in [1.54, 1.807) is 67.7 Å². The van der Waals surface area contributed by atoms with Gasteiger partial charge >= 0.3 is 11.9 Å². The maximum absolute atomic E-state index is 13.3. The molecule has 0 aliphatic carbocycles. The van der Waals surface area contributed by atoms with E-state index in [1.807, 2.05) is 30.3 Å². The Kier molecular flexibility index (Phi) is 8.11. The van der Waals surface area contributed by atoms with Gasteiger partial charge in [-0.2, -0.15) is 5.06 Å². The third-order valence-electron chi connectivity index (χ3n) is 6.53. The molecule has 5 rings (SSSR count). The summed E-state index contributed by atoms with van der Waals surface area (Å²) >= 11 is 0. The zero-order chi connectivity index (χ0) is 26.5. The molecule has 2 heterocycles. The minimum atomic E-state index is -1.09. The zero-order valence-corrected chi connectivity index (χ0v) is 21.0. The summed E-state index contributed by atoms with van der Waals surface area (Å²) in [5.74, 6) is -1.18. The van der Waals surface area contributed by atoms with Crippen LogP contribution in [0.5, 0.6) is 0 Å². The quantitative estimate of drug-likeness (QED) is 0.342. The first-order valence-corrected chi connectivity index (χ1v) is 12.3. The number of benzene rings is 3. The average Bonchev–Trinajstić information content (AvgIpc) is 2.98. The first kappa shape index (κ1) is 26.0. The van der Waals surface area contributed by atoms with Crippen molar-refractivity contribution in [2.45, 2.75) is 36.9 Å². The second-order valence-electron chi connectivity index (χ2n) is 8.94. The van der Waals surface area contributed by atoms with Gasteiger partial charge in [-0.05, 0) is 24.3 Å². The van der Waals surface area contributed by atoms with Crippen LogP contribution in [0, 0.1) is 0 Å². The summed E-state index contributed by atoms with van der Waals surface area (Å²) in [5.41, 5.74) is 1.50. The fourth-order valence-corrected chi connectivity index (χ4v) is 4.53. The van der Waals surface area contributed by atoms with Crippen molar-refractivity contribution in [1.29, 1.82) is 0 Å². The molecule has 2 aliphatic heterocycles. The lowest BCUT2D eigenvalue weighted by Gasteiger charge is -2.49. The molecule has 3 aromatic rings. The van der Waals surface area contributed by atoms with Gasteiger partial charge in [0, 0.05) is 12.6 Å². The minimum absolute atomic E-state index is 0.164. The minimum Gasteiger partial charge on any atom is -0.452 e. The van der Waals surface area contributed by atoms with Crippen LogP contribution in [0.1, 0.15) is 32.6 Å². The average molecular weight is 520 g/mol. The molecule has 3 aromatic carbocycles. The topological polar surface area (TPSA) is 92.8 Å². The summed E-state index contributed by atoms with van der Waals surface area (Å²) in [6.07, 6.45) is -5.18. The van der Waals surface area contributed by atoms with Crippen LogP contribution in [0.15, 0.2) is 91.0 Å². The van der Waals surface area contributed by atoms with Crippen LogP contribution in [0.3, 0.4) is 0 Å². The molecule has 2 aliphatic rings. The summed E-state index contributed by atoms with van der Waals surface area (Å²) in [6.45, 7) is 0.164. The standard InChI is InChI=1S/C29H29NO8/c1-30(33-2)26-25(37-28(32)20-14-8-4-9-15-20)24(36-27(31)19-12-6-3-7-13-19)23-22(35-26)18-34-29(38-23)21-16-10-5-11-17-21/h3-17,22-26,29H,18H2,1-2H3/t22-,23-,24+,25-,26-,29?/m1/s1. The number of nitrogens with zero attached hydrogens (tertiary/aromatic N) is 1. The van der Waals surface area contributed by atoms with Crippen LogP contribution in [0.2, 0.25) is 0 Å². The van der Waals surface area contributed by atoms with E-state index in [9.17, 15) is 9.59 Å². The summed E-state index contributed by atoms with van der Waals surface area (Å²) in [5, 5.41) is 1.41. The maximum Gasteiger partial charge on any atom is 0.338 e.